The molecule has 0 spiro atoms. The Hall–Kier alpha value is -2.89. The number of aromatic nitrogens is 2. The van der Waals surface area contributed by atoms with Crippen LogP contribution in [-0.2, 0) is 4.79 Å². The van der Waals surface area contributed by atoms with Crippen LogP contribution in [0.25, 0.3) is 23.0 Å². The molecule has 2 heterocycles. The fourth-order valence-corrected chi connectivity index (χ4v) is 2.17. The number of hydrogen-bond donors (Lipinski definition) is 1. The Morgan fingerprint density at radius 3 is 2.87 bits per heavy atom. The minimum Gasteiger partial charge on any atom is -0.461 e. The van der Waals surface area contributed by atoms with E-state index >= 15 is 0 Å². The van der Waals surface area contributed by atoms with E-state index in [1.54, 1.807) is 18.4 Å². The highest BCUT2D eigenvalue weighted by molar-refractivity contribution is 5.94. The van der Waals surface area contributed by atoms with Gasteiger partial charge in [0.05, 0.1) is 17.5 Å². The Labute approximate surface area is 133 Å². The summed E-state index contributed by atoms with van der Waals surface area (Å²) in [5.41, 5.74) is 1.34. The monoisotopic (exact) mass is 311 g/mol. The first-order chi connectivity index (χ1) is 11.3. The summed E-state index contributed by atoms with van der Waals surface area (Å²) in [5.74, 6) is 1.22. The van der Waals surface area contributed by atoms with Crippen LogP contribution in [0.5, 0.6) is 0 Å². The van der Waals surface area contributed by atoms with Crippen molar-refractivity contribution in [2.75, 3.05) is 5.32 Å². The molecule has 0 aliphatic rings. The highest BCUT2D eigenvalue weighted by Crippen LogP contribution is 2.28. The van der Waals surface area contributed by atoms with E-state index in [0.717, 1.165) is 12.8 Å². The van der Waals surface area contributed by atoms with Gasteiger partial charge in [0.15, 0.2) is 5.76 Å². The van der Waals surface area contributed by atoms with Crippen LogP contribution in [-0.4, -0.2) is 16.0 Å². The molecule has 0 saturated heterocycles. The van der Waals surface area contributed by atoms with E-state index in [9.17, 15) is 4.79 Å². The number of rotatable bonds is 6. The summed E-state index contributed by atoms with van der Waals surface area (Å²) in [6, 6.07) is 10.9. The van der Waals surface area contributed by atoms with Gasteiger partial charge in [-0.25, -0.2) is 0 Å². The SMILES string of the molecule is CCCCC(=O)Nc1ccccc1-c1nc(-c2ccco2)no1. The number of furan rings is 1. The number of nitrogens with zero attached hydrogens (tertiary/aromatic N) is 2. The van der Waals surface area contributed by atoms with Crippen LogP contribution in [0.3, 0.4) is 0 Å². The summed E-state index contributed by atoms with van der Waals surface area (Å²) < 4.78 is 10.6. The number of nitrogens with one attached hydrogen (secondary N) is 1. The van der Waals surface area contributed by atoms with E-state index in [2.05, 4.69) is 22.4 Å². The van der Waals surface area contributed by atoms with Gasteiger partial charge in [0.1, 0.15) is 0 Å². The maximum absolute atomic E-state index is 12.0. The number of para-hydroxylation sites is 1. The summed E-state index contributed by atoms with van der Waals surface area (Å²) in [6.07, 6.45) is 3.88. The molecule has 0 radical (unpaired) electrons. The molecule has 0 bridgehead atoms. The van der Waals surface area contributed by atoms with E-state index in [1.807, 2.05) is 24.3 Å². The predicted molar refractivity (Wildman–Crippen MR) is 85.6 cm³/mol. The number of benzene rings is 1. The lowest BCUT2D eigenvalue weighted by Gasteiger charge is -2.07. The first kappa shape index (κ1) is 15.0. The maximum atomic E-state index is 12.0. The number of carbonyl (C=O) groups is 1. The Balaban J connectivity index is 1.84. The normalized spacial score (nSPS) is 10.7. The summed E-state index contributed by atoms with van der Waals surface area (Å²) >= 11 is 0. The number of anilines is 1. The molecule has 6 nitrogen and oxygen atoms in total. The second-order valence-corrected chi connectivity index (χ2v) is 5.10. The summed E-state index contributed by atoms with van der Waals surface area (Å²) in [5, 5.41) is 6.81. The van der Waals surface area contributed by atoms with E-state index in [-0.39, 0.29) is 5.91 Å². The third-order valence-electron chi connectivity index (χ3n) is 3.36. The molecule has 3 aromatic rings. The Bertz CT molecular complexity index is 778. The zero-order valence-corrected chi connectivity index (χ0v) is 12.8. The third kappa shape index (κ3) is 3.48. The van der Waals surface area contributed by atoms with Crippen LogP contribution < -0.4 is 5.32 Å². The topological polar surface area (TPSA) is 81.2 Å². The zero-order valence-electron chi connectivity index (χ0n) is 12.8. The molecule has 6 heteroatoms. The van der Waals surface area contributed by atoms with Crippen LogP contribution in [0.4, 0.5) is 5.69 Å². The fraction of sp³-hybridized carbons (Fsp3) is 0.235. The molecule has 2 aromatic heterocycles. The molecular weight excluding hydrogens is 294 g/mol. The summed E-state index contributed by atoms with van der Waals surface area (Å²) in [7, 11) is 0. The molecule has 0 unspecified atom stereocenters. The van der Waals surface area contributed by atoms with Gasteiger partial charge < -0.3 is 14.3 Å². The Kier molecular flexibility index (Phi) is 4.52. The second kappa shape index (κ2) is 6.91. The molecule has 0 aliphatic heterocycles. The number of unbranched alkanes of at least 4 members (excludes halogenated alkanes) is 1. The minimum atomic E-state index is -0.0231. The van der Waals surface area contributed by atoms with Gasteiger partial charge >= 0.3 is 0 Å². The highest BCUT2D eigenvalue weighted by Gasteiger charge is 2.16. The molecule has 0 saturated carbocycles. The highest BCUT2D eigenvalue weighted by atomic mass is 16.5. The average molecular weight is 311 g/mol. The molecule has 3 rings (SSSR count). The molecule has 1 aromatic carbocycles. The van der Waals surface area contributed by atoms with Gasteiger partial charge in [-0.15, -0.1) is 0 Å². The lowest BCUT2D eigenvalue weighted by atomic mass is 10.1. The van der Waals surface area contributed by atoms with E-state index in [0.29, 0.717) is 35.1 Å². The number of hydrogen-bond acceptors (Lipinski definition) is 5. The minimum absolute atomic E-state index is 0.0231. The summed E-state index contributed by atoms with van der Waals surface area (Å²) in [4.78, 5) is 16.3. The van der Waals surface area contributed by atoms with E-state index in [1.165, 1.54) is 0 Å². The molecule has 23 heavy (non-hydrogen) atoms. The summed E-state index contributed by atoms with van der Waals surface area (Å²) in [6.45, 7) is 2.05. The van der Waals surface area contributed by atoms with Gasteiger partial charge in [-0.05, 0) is 30.7 Å². The predicted octanol–water partition coefficient (Wildman–Crippen LogP) is 4.13. The van der Waals surface area contributed by atoms with Crippen molar-refractivity contribution < 1.29 is 13.7 Å². The van der Waals surface area contributed by atoms with Gasteiger partial charge in [0, 0.05) is 6.42 Å². The third-order valence-corrected chi connectivity index (χ3v) is 3.36. The van der Waals surface area contributed by atoms with Crippen molar-refractivity contribution in [2.24, 2.45) is 0 Å². The van der Waals surface area contributed by atoms with Gasteiger partial charge in [0.2, 0.25) is 11.7 Å². The van der Waals surface area contributed by atoms with Crippen molar-refractivity contribution in [3.05, 3.63) is 42.7 Å². The molecule has 118 valence electrons. The largest absolute Gasteiger partial charge is 0.461 e. The van der Waals surface area contributed by atoms with E-state index in [4.69, 9.17) is 8.94 Å². The molecule has 0 aliphatic carbocycles. The zero-order chi connectivity index (χ0) is 16.1. The van der Waals surface area contributed by atoms with Crippen molar-refractivity contribution in [1.29, 1.82) is 0 Å². The molecule has 0 atom stereocenters. The van der Waals surface area contributed by atoms with Gasteiger partial charge in [-0.2, -0.15) is 4.98 Å². The molecule has 1 amide bonds. The lowest BCUT2D eigenvalue weighted by Crippen LogP contribution is -2.11. The maximum Gasteiger partial charge on any atom is 0.260 e. The van der Waals surface area contributed by atoms with Crippen LogP contribution in [0.15, 0.2) is 51.6 Å². The van der Waals surface area contributed by atoms with Gasteiger partial charge in [-0.3, -0.25) is 4.79 Å². The Morgan fingerprint density at radius 2 is 2.09 bits per heavy atom. The van der Waals surface area contributed by atoms with Crippen LogP contribution >= 0.6 is 0 Å². The first-order valence-electron chi connectivity index (χ1n) is 7.54. The molecule has 0 fully saturated rings. The average Bonchev–Trinajstić information content (AvgIpc) is 3.24. The van der Waals surface area contributed by atoms with Crippen molar-refractivity contribution in [3.8, 4) is 23.0 Å². The van der Waals surface area contributed by atoms with Gasteiger partial charge in [-0.1, -0.05) is 30.6 Å². The van der Waals surface area contributed by atoms with Crippen LogP contribution in [0.1, 0.15) is 26.2 Å². The fourth-order valence-electron chi connectivity index (χ4n) is 2.17. The number of amides is 1. The standard InChI is InChI=1S/C17H17N3O3/c1-2-3-10-15(21)18-13-8-5-4-7-12(13)17-19-16(20-23-17)14-9-6-11-22-14/h4-9,11H,2-3,10H2,1H3,(H,18,21). The first-order valence-corrected chi connectivity index (χ1v) is 7.54. The van der Waals surface area contributed by atoms with Crippen molar-refractivity contribution >= 4 is 11.6 Å². The van der Waals surface area contributed by atoms with Crippen molar-refractivity contribution in [2.45, 2.75) is 26.2 Å². The second-order valence-electron chi connectivity index (χ2n) is 5.10. The van der Waals surface area contributed by atoms with Crippen LogP contribution in [0.2, 0.25) is 0 Å². The van der Waals surface area contributed by atoms with Crippen molar-refractivity contribution in [3.63, 3.8) is 0 Å². The van der Waals surface area contributed by atoms with Crippen molar-refractivity contribution in [1.82, 2.24) is 10.1 Å². The smallest absolute Gasteiger partial charge is 0.260 e. The Morgan fingerprint density at radius 1 is 1.22 bits per heavy atom. The molecular formula is C17H17N3O3. The lowest BCUT2D eigenvalue weighted by molar-refractivity contribution is -0.116. The van der Waals surface area contributed by atoms with Gasteiger partial charge in [0.25, 0.3) is 5.89 Å². The number of carbonyl (C=O) groups excluding carboxylic acids is 1. The molecule has 1 N–H and O–H groups in total. The van der Waals surface area contributed by atoms with E-state index < -0.39 is 0 Å². The van der Waals surface area contributed by atoms with Crippen LogP contribution in [0, 0.1) is 0 Å². The quantitative estimate of drug-likeness (QED) is 0.740.